The number of aliphatic hydroxyl groups excluding tert-OH is 4. The van der Waals surface area contributed by atoms with E-state index in [1.807, 2.05) is 6.92 Å². The summed E-state index contributed by atoms with van der Waals surface area (Å²) in [6.07, 6.45) is -0.996. The summed E-state index contributed by atoms with van der Waals surface area (Å²) in [4.78, 5) is 37.2. The molecule has 2 rings (SSSR count). The van der Waals surface area contributed by atoms with E-state index >= 15 is 0 Å². The summed E-state index contributed by atoms with van der Waals surface area (Å²) in [7, 11) is 0. The van der Waals surface area contributed by atoms with Crippen LogP contribution in [0.3, 0.4) is 0 Å². The lowest BCUT2D eigenvalue weighted by Crippen LogP contribution is -2.64. The Morgan fingerprint density at radius 1 is 0.673 bits per heavy atom. The molecule has 0 bridgehead atoms. The third-order valence-electron chi connectivity index (χ3n) is 9.50. The monoisotopic (exact) mass is 746 g/mol. The molecule has 2 saturated heterocycles. The van der Waals surface area contributed by atoms with Crippen LogP contribution in [0.4, 0.5) is 0 Å². The van der Waals surface area contributed by atoms with Gasteiger partial charge in [0.2, 0.25) is 0 Å². The molecule has 14 nitrogen and oxygen atoms in total. The van der Waals surface area contributed by atoms with Gasteiger partial charge in [0.1, 0.15) is 36.6 Å². The number of carbonyl (C=O) groups is 3. The number of allylic oxidation sites excluding steroid dienone is 1. The molecule has 0 aromatic rings. The highest BCUT2D eigenvalue weighted by atomic mass is 16.8. The molecule has 0 saturated carbocycles. The Morgan fingerprint density at radius 2 is 1.25 bits per heavy atom. The summed E-state index contributed by atoms with van der Waals surface area (Å²) in [5.74, 6) is -2.52. The smallest absolute Gasteiger partial charge is 0.330 e. The van der Waals surface area contributed by atoms with Gasteiger partial charge in [-0.05, 0) is 39.5 Å². The number of aliphatic hydroxyl groups is 4. The quantitative estimate of drug-likeness (QED) is 0.0497. The van der Waals surface area contributed by atoms with Gasteiger partial charge in [0.05, 0.1) is 31.2 Å². The highest BCUT2D eigenvalue weighted by molar-refractivity contribution is 5.82. The maximum atomic E-state index is 13.1. The summed E-state index contributed by atoms with van der Waals surface area (Å²) in [6.45, 7) is 9.13. The van der Waals surface area contributed by atoms with Crippen molar-refractivity contribution in [3.05, 3.63) is 12.2 Å². The predicted octanol–water partition coefficient (Wildman–Crippen LogP) is 4.46. The highest BCUT2D eigenvalue weighted by Gasteiger charge is 2.51. The lowest BCUT2D eigenvalue weighted by molar-refractivity contribution is -0.366. The van der Waals surface area contributed by atoms with Gasteiger partial charge in [-0.1, -0.05) is 91.1 Å². The second-order valence-corrected chi connectivity index (χ2v) is 14.2. The summed E-state index contributed by atoms with van der Waals surface area (Å²) in [5, 5.41) is 52.8. The third kappa shape index (κ3) is 16.1. The minimum absolute atomic E-state index is 0.236. The van der Waals surface area contributed by atoms with E-state index in [0.29, 0.717) is 32.1 Å². The van der Waals surface area contributed by atoms with Gasteiger partial charge in [0.15, 0.2) is 18.7 Å². The van der Waals surface area contributed by atoms with Crippen molar-refractivity contribution in [2.75, 3.05) is 0 Å². The fourth-order valence-corrected chi connectivity index (χ4v) is 6.39. The van der Waals surface area contributed by atoms with Crippen molar-refractivity contribution >= 4 is 17.9 Å². The Kier molecular flexibility index (Phi) is 22.1. The first-order chi connectivity index (χ1) is 24.8. The Hall–Kier alpha value is -2.17. The number of carboxylic acids is 1. The third-order valence-corrected chi connectivity index (χ3v) is 9.50. The summed E-state index contributed by atoms with van der Waals surface area (Å²) >= 11 is 0. The van der Waals surface area contributed by atoms with E-state index in [1.165, 1.54) is 19.9 Å². The van der Waals surface area contributed by atoms with Gasteiger partial charge in [-0.15, -0.1) is 0 Å². The molecule has 5 N–H and O–H groups in total. The van der Waals surface area contributed by atoms with E-state index in [1.54, 1.807) is 6.08 Å². The first-order valence-corrected chi connectivity index (χ1v) is 19.4. The molecule has 302 valence electrons. The van der Waals surface area contributed by atoms with Gasteiger partial charge >= 0.3 is 17.9 Å². The van der Waals surface area contributed by atoms with Crippen LogP contribution in [-0.2, 0) is 42.8 Å². The molecule has 2 aliphatic rings. The number of carbonyl (C=O) groups excluding carboxylic acids is 2. The Labute approximate surface area is 309 Å². The number of hydrogen-bond acceptors (Lipinski definition) is 13. The molecule has 2 aliphatic heterocycles. The van der Waals surface area contributed by atoms with Crippen LogP contribution < -0.4 is 0 Å². The maximum absolute atomic E-state index is 13.1. The van der Waals surface area contributed by atoms with Crippen LogP contribution in [-0.4, -0.2) is 117 Å². The van der Waals surface area contributed by atoms with Gasteiger partial charge in [0.25, 0.3) is 0 Å². The highest BCUT2D eigenvalue weighted by Crippen LogP contribution is 2.32. The average molecular weight is 747 g/mol. The summed E-state index contributed by atoms with van der Waals surface area (Å²) < 4.78 is 35.3. The molecule has 0 aliphatic carbocycles. The SMILES string of the molecule is CCCCCCCC=CC(=O)OC1C(OC2C(OC(CCCCCCC)CC(=O)OC(CCC)CC(=O)O)OC(C)C(O)C2O)OC(C)C(O)C1O. The van der Waals surface area contributed by atoms with Crippen molar-refractivity contribution in [2.24, 2.45) is 0 Å². The van der Waals surface area contributed by atoms with Crippen LogP contribution in [0.1, 0.15) is 137 Å². The average Bonchev–Trinajstić information content (AvgIpc) is 3.08. The molecular weight excluding hydrogens is 680 g/mol. The minimum atomic E-state index is -1.61. The normalized spacial score (nSPS) is 30.6. The van der Waals surface area contributed by atoms with Gasteiger partial charge in [-0.2, -0.15) is 0 Å². The van der Waals surface area contributed by atoms with E-state index in [2.05, 4.69) is 13.8 Å². The zero-order chi connectivity index (χ0) is 38.6. The van der Waals surface area contributed by atoms with Crippen molar-refractivity contribution in [1.29, 1.82) is 0 Å². The summed E-state index contributed by atoms with van der Waals surface area (Å²) in [6, 6.07) is 0. The molecule has 14 heteroatoms. The maximum Gasteiger partial charge on any atom is 0.330 e. The molecule has 0 radical (unpaired) electrons. The number of esters is 2. The van der Waals surface area contributed by atoms with Crippen molar-refractivity contribution in [3.63, 3.8) is 0 Å². The van der Waals surface area contributed by atoms with E-state index in [-0.39, 0.29) is 12.8 Å². The Bertz CT molecular complexity index is 1050. The molecule has 0 aromatic heterocycles. The van der Waals surface area contributed by atoms with Gasteiger partial charge in [0, 0.05) is 6.08 Å². The zero-order valence-electron chi connectivity index (χ0n) is 31.8. The largest absolute Gasteiger partial charge is 0.481 e. The van der Waals surface area contributed by atoms with E-state index in [0.717, 1.165) is 57.8 Å². The Morgan fingerprint density at radius 3 is 1.85 bits per heavy atom. The second-order valence-electron chi connectivity index (χ2n) is 14.2. The molecule has 12 atom stereocenters. The number of rotatable bonds is 25. The minimum Gasteiger partial charge on any atom is -0.481 e. The predicted molar refractivity (Wildman–Crippen MR) is 190 cm³/mol. The van der Waals surface area contributed by atoms with Crippen LogP contribution in [0, 0.1) is 0 Å². The van der Waals surface area contributed by atoms with Crippen molar-refractivity contribution in [2.45, 2.75) is 211 Å². The Balaban J connectivity index is 2.26. The van der Waals surface area contributed by atoms with Crippen LogP contribution >= 0.6 is 0 Å². The lowest BCUT2D eigenvalue weighted by atomic mass is 9.97. The number of unbranched alkanes of at least 4 members (excludes halogenated alkanes) is 9. The van der Waals surface area contributed by atoms with E-state index in [4.69, 9.17) is 28.4 Å². The second kappa shape index (κ2) is 25.0. The van der Waals surface area contributed by atoms with E-state index < -0.39 is 91.5 Å². The first kappa shape index (κ1) is 46.0. The van der Waals surface area contributed by atoms with Gasteiger partial charge < -0.3 is 54.0 Å². The van der Waals surface area contributed by atoms with Crippen LogP contribution in [0.2, 0.25) is 0 Å². The van der Waals surface area contributed by atoms with Crippen LogP contribution in [0.5, 0.6) is 0 Å². The fraction of sp³-hybridized carbons (Fsp3) is 0.868. The van der Waals surface area contributed by atoms with Crippen molar-refractivity contribution in [1.82, 2.24) is 0 Å². The number of aliphatic carboxylic acids is 1. The number of hydrogen-bond donors (Lipinski definition) is 5. The van der Waals surface area contributed by atoms with Gasteiger partial charge in [-0.3, -0.25) is 9.59 Å². The molecular formula is C38H66O14. The summed E-state index contributed by atoms with van der Waals surface area (Å²) in [5.41, 5.74) is 0. The molecule has 0 aromatic carbocycles. The standard InChI is InChI=1S/C38H66O14/c1-6-9-11-13-14-16-18-21-29(41)51-35-33(45)31(43)25(5)48-38(35)52-36-34(46)32(44)24(4)47-37(36)50-27(20-17-15-12-10-7-2)23-30(42)49-26(19-8-3)22-28(39)40/h18,21,24-27,31-38,43-46H,6-17,19-20,22-23H2,1-5H3,(H,39,40). The molecule has 12 unspecified atom stereocenters. The molecule has 0 amide bonds. The van der Waals surface area contributed by atoms with Crippen molar-refractivity contribution in [3.8, 4) is 0 Å². The topological polar surface area (TPSA) is 208 Å². The molecule has 2 heterocycles. The molecule has 2 fully saturated rings. The number of carboxylic acid groups (broad SMARTS) is 1. The van der Waals surface area contributed by atoms with Crippen molar-refractivity contribution < 1.29 is 68.3 Å². The van der Waals surface area contributed by atoms with Crippen LogP contribution in [0.25, 0.3) is 0 Å². The van der Waals surface area contributed by atoms with Gasteiger partial charge in [-0.25, -0.2) is 4.79 Å². The molecule has 52 heavy (non-hydrogen) atoms. The molecule has 0 spiro atoms. The number of ether oxygens (including phenoxy) is 6. The zero-order valence-corrected chi connectivity index (χ0v) is 31.8. The first-order valence-electron chi connectivity index (χ1n) is 19.4. The van der Waals surface area contributed by atoms with E-state index in [9.17, 15) is 39.9 Å². The fourth-order valence-electron chi connectivity index (χ4n) is 6.39. The lowest BCUT2D eigenvalue weighted by Gasteiger charge is -2.46. The van der Waals surface area contributed by atoms with Crippen LogP contribution in [0.15, 0.2) is 12.2 Å².